The third-order valence-corrected chi connectivity index (χ3v) is 6.73. The van der Waals surface area contributed by atoms with E-state index in [-0.39, 0.29) is 0 Å². The highest BCUT2D eigenvalue weighted by molar-refractivity contribution is 5.85. The van der Waals surface area contributed by atoms with Gasteiger partial charge in [0.2, 0.25) is 0 Å². The molecule has 1 aliphatic heterocycles. The van der Waals surface area contributed by atoms with E-state index in [1.165, 1.54) is 25.7 Å². The maximum atomic E-state index is 10.5. The van der Waals surface area contributed by atoms with Crippen molar-refractivity contribution in [2.24, 2.45) is 0 Å². The molecule has 2 N–H and O–H groups in total. The van der Waals surface area contributed by atoms with Gasteiger partial charge >= 0.3 is 0 Å². The van der Waals surface area contributed by atoms with Crippen LogP contribution in [0.2, 0.25) is 0 Å². The van der Waals surface area contributed by atoms with Crippen molar-refractivity contribution in [3.63, 3.8) is 0 Å². The number of β-amino-alcohol motifs (C(OH)–C–C–N with tert-alkyl or cyclic N) is 1. The van der Waals surface area contributed by atoms with Crippen molar-refractivity contribution in [3.8, 4) is 5.75 Å². The summed E-state index contributed by atoms with van der Waals surface area (Å²) in [4.78, 5) is 5.59. The number of aromatic amines is 1. The number of aliphatic hydroxyl groups excluding tert-OH is 1. The molecule has 2 aromatic carbocycles. The van der Waals surface area contributed by atoms with Gasteiger partial charge < -0.3 is 19.7 Å². The number of aliphatic hydroxyl groups is 1. The summed E-state index contributed by atoms with van der Waals surface area (Å²) in [7, 11) is 0. The van der Waals surface area contributed by atoms with Gasteiger partial charge in [0.05, 0.1) is 0 Å². The van der Waals surface area contributed by atoms with Gasteiger partial charge in [0.1, 0.15) is 18.5 Å². The molecule has 0 unspecified atom stereocenters. The quantitative estimate of drug-likeness (QED) is 0.710. The molecular formula is C24H28N2O2. The van der Waals surface area contributed by atoms with Gasteiger partial charge in [0, 0.05) is 23.6 Å². The molecule has 2 aliphatic rings. The third-order valence-electron chi connectivity index (χ3n) is 6.73. The third kappa shape index (κ3) is 3.21. The van der Waals surface area contributed by atoms with Crippen LogP contribution in [0.25, 0.3) is 10.9 Å². The van der Waals surface area contributed by atoms with E-state index in [0.717, 1.165) is 29.7 Å². The van der Waals surface area contributed by atoms with E-state index in [1.807, 2.05) is 30.5 Å². The van der Waals surface area contributed by atoms with Crippen molar-refractivity contribution in [1.29, 1.82) is 0 Å². The molecular weight excluding hydrogens is 348 g/mol. The summed E-state index contributed by atoms with van der Waals surface area (Å²) in [6, 6.07) is 17.0. The number of nitrogens with one attached hydrogen (secondary N) is 1. The lowest BCUT2D eigenvalue weighted by atomic mass is 9.74. The Hall–Kier alpha value is -2.30. The van der Waals surface area contributed by atoms with E-state index < -0.39 is 6.10 Å². The van der Waals surface area contributed by atoms with Crippen LogP contribution in [0.15, 0.2) is 54.7 Å². The number of rotatable bonds is 5. The van der Waals surface area contributed by atoms with Crippen molar-refractivity contribution in [2.45, 2.75) is 37.2 Å². The number of fused-ring (bicyclic) bond motifs is 3. The van der Waals surface area contributed by atoms with Crippen LogP contribution in [-0.4, -0.2) is 47.3 Å². The first-order valence-electron chi connectivity index (χ1n) is 10.4. The molecule has 1 aliphatic carbocycles. The van der Waals surface area contributed by atoms with Crippen LogP contribution >= 0.6 is 0 Å². The smallest absolute Gasteiger partial charge is 0.128 e. The highest BCUT2D eigenvalue weighted by Crippen LogP contribution is 2.46. The maximum Gasteiger partial charge on any atom is 0.128 e. The first-order valence-corrected chi connectivity index (χ1v) is 10.4. The number of ether oxygens (including phenoxy) is 1. The minimum atomic E-state index is -0.473. The van der Waals surface area contributed by atoms with Gasteiger partial charge in [-0.15, -0.1) is 0 Å². The van der Waals surface area contributed by atoms with Crippen LogP contribution in [0.1, 0.15) is 30.4 Å². The van der Waals surface area contributed by atoms with Gasteiger partial charge in [-0.3, -0.25) is 0 Å². The van der Waals surface area contributed by atoms with Gasteiger partial charge in [-0.25, -0.2) is 0 Å². The van der Waals surface area contributed by atoms with E-state index in [4.69, 9.17) is 4.74 Å². The number of nitrogens with zero attached hydrogens (tertiary/aromatic N) is 1. The van der Waals surface area contributed by atoms with E-state index in [2.05, 4.69) is 34.1 Å². The second-order valence-electron chi connectivity index (χ2n) is 8.40. The molecule has 1 spiro atoms. The fourth-order valence-corrected chi connectivity index (χ4v) is 5.17. The van der Waals surface area contributed by atoms with Gasteiger partial charge in [0.25, 0.3) is 0 Å². The average Bonchev–Trinajstić information content (AvgIpc) is 3.34. The fraction of sp³-hybridized carbons (Fsp3) is 0.417. The zero-order valence-electron chi connectivity index (χ0n) is 16.2. The Labute approximate surface area is 166 Å². The molecule has 0 radical (unpaired) electrons. The predicted molar refractivity (Wildman–Crippen MR) is 112 cm³/mol. The molecule has 1 fully saturated rings. The first-order chi connectivity index (χ1) is 13.7. The van der Waals surface area contributed by atoms with E-state index in [9.17, 15) is 5.11 Å². The Balaban J connectivity index is 1.16. The zero-order chi connectivity index (χ0) is 19.0. The number of piperidine rings is 1. The van der Waals surface area contributed by atoms with Crippen molar-refractivity contribution < 1.29 is 9.84 Å². The lowest BCUT2D eigenvalue weighted by molar-refractivity contribution is 0.0509. The predicted octanol–water partition coefficient (Wildman–Crippen LogP) is 3.89. The van der Waals surface area contributed by atoms with Crippen molar-refractivity contribution in [2.75, 3.05) is 26.2 Å². The summed E-state index contributed by atoms with van der Waals surface area (Å²) in [5.41, 5.74) is 4.56. The van der Waals surface area contributed by atoms with Crippen LogP contribution in [-0.2, 0) is 11.8 Å². The van der Waals surface area contributed by atoms with E-state index in [1.54, 1.807) is 11.1 Å². The van der Waals surface area contributed by atoms with Gasteiger partial charge in [-0.1, -0.05) is 30.3 Å². The minimum absolute atomic E-state index is 0.328. The molecule has 5 rings (SSSR count). The SMILES string of the molecule is O[C@H](COc1cccc2[nH]ccc12)CN1CCC2(CCc3ccccc32)CC1. The molecule has 2 heterocycles. The van der Waals surface area contributed by atoms with Gasteiger partial charge in [0.15, 0.2) is 0 Å². The lowest BCUT2D eigenvalue weighted by Gasteiger charge is -2.40. The highest BCUT2D eigenvalue weighted by atomic mass is 16.5. The monoisotopic (exact) mass is 376 g/mol. The van der Waals surface area contributed by atoms with Crippen LogP contribution in [0.5, 0.6) is 5.75 Å². The zero-order valence-corrected chi connectivity index (χ0v) is 16.2. The van der Waals surface area contributed by atoms with E-state index in [0.29, 0.717) is 18.6 Å². The van der Waals surface area contributed by atoms with Crippen LogP contribution in [0.4, 0.5) is 0 Å². The van der Waals surface area contributed by atoms with Crippen molar-refractivity contribution in [1.82, 2.24) is 9.88 Å². The topological polar surface area (TPSA) is 48.5 Å². The Bertz CT molecular complexity index is 956. The molecule has 3 aromatic rings. The summed E-state index contributed by atoms with van der Waals surface area (Å²) in [5.74, 6) is 0.831. The number of aromatic nitrogens is 1. The van der Waals surface area contributed by atoms with Crippen LogP contribution in [0.3, 0.4) is 0 Å². The average molecular weight is 377 g/mol. The number of aryl methyl sites for hydroxylation is 1. The molecule has 0 amide bonds. The molecule has 4 heteroatoms. The minimum Gasteiger partial charge on any atom is -0.490 e. The fourth-order valence-electron chi connectivity index (χ4n) is 5.17. The standard InChI is InChI=1S/C24H28N2O2/c27-19(17-28-23-7-3-6-22-20(23)9-13-25-22)16-26-14-11-24(12-15-26)10-8-18-4-1-2-5-21(18)24/h1-7,9,13,19,25,27H,8,10-12,14-17H2/t19-/m0/s1. The number of H-pyrrole nitrogens is 1. The summed E-state index contributed by atoms with van der Waals surface area (Å²) in [6.07, 6.45) is 6.34. The Morgan fingerprint density at radius 3 is 2.79 bits per heavy atom. The molecule has 1 atom stereocenters. The second-order valence-corrected chi connectivity index (χ2v) is 8.40. The second kappa shape index (κ2) is 7.26. The van der Waals surface area contributed by atoms with Crippen molar-refractivity contribution >= 4 is 10.9 Å². The molecule has 28 heavy (non-hydrogen) atoms. The van der Waals surface area contributed by atoms with Gasteiger partial charge in [-0.2, -0.15) is 0 Å². The largest absolute Gasteiger partial charge is 0.490 e. The molecule has 1 aromatic heterocycles. The first kappa shape index (κ1) is 17.8. The molecule has 146 valence electrons. The van der Waals surface area contributed by atoms with E-state index >= 15 is 0 Å². The molecule has 1 saturated heterocycles. The Morgan fingerprint density at radius 1 is 1.04 bits per heavy atom. The Morgan fingerprint density at radius 2 is 1.89 bits per heavy atom. The highest BCUT2D eigenvalue weighted by Gasteiger charge is 2.40. The maximum absolute atomic E-state index is 10.5. The summed E-state index contributed by atoms with van der Waals surface area (Å²) >= 11 is 0. The summed E-state index contributed by atoms with van der Waals surface area (Å²) < 4.78 is 5.92. The van der Waals surface area contributed by atoms with Crippen LogP contribution in [0, 0.1) is 0 Å². The molecule has 4 nitrogen and oxygen atoms in total. The van der Waals surface area contributed by atoms with Crippen molar-refractivity contribution in [3.05, 3.63) is 65.9 Å². The van der Waals surface area contributed by atoms with Gasteiger partial charge in [-0.05, 0) is 73.5 Å². The number of likely N-dealkylation sites (tertiary alicyclic amines) is 1. The molecule has 0 bridgehead atoms. The number of hydrogen-bond donors (Lipinski definition) is 2. The summed E-state index contributed by atoms with van der Waals surface area (Å²) in [5, 5.41) is 11.6. The van der Waals surface area contributed by atoms with Crippen LogP contribution < -0.4 is 4.74 Å². The lowest BCUT2D eigenvalue weighted by Crippen LogP contribution is -2.45. The number of benzene rings is 2. The Kier molecular flexibility index (Phi) is 4.61. The molecule has 0 saturated carbocycles. The normalized spacial score (nSPS) is 19.8. The summed E-state index contributed by atoms with van der Waals surface area (Å²) in [6.45, 7) is 3.12. The number of hydrogen-bond acceptors (Lipinski definition) is 3.